The van der Waals surface area contributed by atoms with E-state index in [2.05, 4.69) is 26.0 Å². The maximum absolute atomic E-state index is 13.5. The van der Waals surface area contributed by atoms with Gasteiger partial charge in [-0.05, 0) is 35.0 Å². The number of nitrogens with zero attached hydrogens (tertiary/aromatic N) is 4. The van der Waals surface area contributed by atoms with E-state index in [-0.39, 0.29) is 5.82 Å². The van der Waals surface area contributed by atoms with E-state index < -0.39 is 0 Å². The van der Waals surface area contributed by atoms with Gasteiger partial charge >= 0.3 is 0 Å². The quantitative estimate of drug-likeness (QED) is 0.874. The zero-order chi connectivity index (χ0) is 14.9. The van der Waals surface area contributed by atoms with Crippen molar-refractivity contribution in [3.05, 3.63) is 39.9 Å². The van der Waals surface area contributed by atoms with Gasteiger partial charge in [0.2, 0.25) is 5.95 Å². The van der Waals surface area contributed by atoms with Crippen LogP contribution in [0, 0.1) is 12.7 Å². The molecule has 2 aromatic rings. The smallest absolute Gasteiger partial charge is 0.221 e. The molecule has 0 radical (unpaired) electrons. The highest BCUT2D eigenvalue weighted by molar-refractivity contribution is 9.10. The molecular formula is C13H15BrFN5. The van der Waals surface area contributed by atoms with E-state index >= 15 is 0 Å². The standard InChI is InChI=1S/C13H15BrFN5/c1-8-7-20(13(16)18-8)17-6-10-11(14)4-9(15)5-12(10)19(2)3/h4-7H,1-3H3,(H2,16,18). The molecule has 0 aliphatic heterocycles. The van der Waals surface area contributed by atoms with Crippen LogP contribution >= 0.6 is 15.9 Å². The van der Waals surface area contributed by atoms with Gasteiger partial charge in [-0.3, -0.25) is 0 Å². The fourth-order valence-corrected chi connectivity index (χ4v) is 2.31. The van der Waals surface area contributed by atoms with Crippen LogP contribution in [0.4, 0.5) is 16.0 Å². The topological polar surface area (TPSA) is 59.4 Å². The molecule has 0 saturated heterocycles. The Bertz CT molecular complexity index is 663. The summed E-state index contributed by atoms with van der Waals surface area (Å²) in [6, 6.07) is 2.85. The van der Waals surface area contributed by atoms with Crippen LogP contribution in [0.15, 0.2) is 27.9 Å². The molecule has 7 heteroatoms. The zero-order valence-electron chi connectivity index (χ0n) is 11.4. The first kappa shape index (κ1) is 14.5. The third-order valence-corrected chi connectivity index (χ3v) is 3.36. The van der Waals surface area contributed by atoms with Crippen LogP contribution in [-0.4, -0.2) is 30.0 Å². The molecule has 0 spiro atoms. The van der Waals surface area contributed by atoms with Crippen molar-refractivity contribution in [2.45, 2.75) is 6.92 Å². The number of aromatic nitrogens is 2. The van der Waals surface area contributed by atoms with Gasteiger partial charge in [0.1, 0.15) is 5.82 Å². The van der Waals surface area contributed by atoms with E-state index in [9.17, 15) is 4.39 Å². The maximum atomic E-state index is 13.5. The molecule has 5 nitrogen and oxygen atoms in total. The first-order valence-electron chi connectivity index (χ1n) is 5.90. The Morgan fingerprint density at radius 3 is 2.70 bits per heavy atom. The Balaban J connectivity index is 2.45. The predicted octanol–water partition coefficient (Wildman–Crippen LogP) is 2.62. The van der Waals surface area contributed by atoms with Gasteiger partial charge < -0.3 is 10.6 Å². The van der Waals surface area contributed by atoms with Gasteiger partial charge in [0.05, 0.1) is 18.1 Å². The highest BCUT2D eigenvalue weighted by Crippen LogP contribution is 2.27. The summed E-state index contributed by atoms with van der Waals surface area (Å²) in [4.78, 5) is 5.88. The summed E-state index contributed by atoms with van der Waals surface area (Å²) in [5.74, 6) is -0.000832. The van der Waals surface area contributed by atoms with Gasteiger partial charge in [0.15, 0.2) is 0 Å². The van der Waals surface area contributed by atoms with Crippen molar-refractivity contribution in [1.82, 2.24) is 9.66 Å². The highest BCUT2D eigenvalue weighted by Gasteiger charge is 2.10. The van der Waals surface area contributed by atoms with Crippen LogP contribution < -0.4 is 10.6 Å². The van der Waals surface area contributed by atoms with Gasteiger partial charge in [0.25, 0.3) is 0 Å². The van der Waals surface area contributed by atoms with Crippen LogP contribution in [0.1, 0.15) is 11.3 Å². The van der Waals surface area contributed by atoms with E-state index in [0.29, 0.717) is 10.4 Å². The summed E-state index contributed by atoms with van der Waals surface area (Å²) in [6.07, 6.45) is 3.34. The van der Waals surface area contributed by atoms with E-state index in [1.54, 1.807) is 12.4 Å². The first-order valence-corrected chi connectivity index (χ1v) is 6.70. The third-order valence-electron chi connectivity index (χ3n) is 2.70. The molecule has 0 aliphatic rings. The Morgan fingerprint density at radius 1 is 1.45 bits per heavy atom. The molecule has 0 fully saturated rings. The molecule has 1 aromatic carbocycles. The van der Waals surface area contributed by atoms with Crippen LogP contribution in [0.3, 0.4) is 0 Å². The van der Waals surface area contributed by atoms with E-state index in [0.717, 1.165) is 16.9 Å². The Kier molecular flexibility index (Phi) is 4.08. The number of hydrogen-bond donors (Lipinski definition) is 1. The molecule has 0 atom stereocenters. The second kappa shape index (κ2) is 5.62. The lowest BCUT2D eigenvalue weighted by atomic mass is 10.2. The Labute approximate surface area is 125 Å². The van der Waals surface area contributed by atoms with Gasteiger partial charge in [-0.25, -0.2) is 14.1 Å². The molecule has 2 rings (SSSR count). The van der Waals surface area contributed by atoms with Crippen molar-refractivity contribution in [1.29, 1.82) is 0 Å². The van der Waals surface area contributed by atoms with Crippen molar-refractivity contribution in [3.63, 3.8) is 0 Å². The van der Waals surface area contributed by atoms with Gasteiger partial charge in [-0.15, -0.1) is 0 Å². The average molecular weight is 340 g/mol. The number of imidazole rings is 1. The Morgan fingerprint density at radius 2 is 2.15 bits per heavy atom. The van der Waals surface area contributed by atoms with E-state index in [1.165, 1.54) is 16.8 Å². The number of aryl methyl sites for hydroxylation is 1. The van der Waals surface area contributed by atoms with Crippen molar-refractivity contribution >= 4 is 33.8 Å². The average Bonchev–Trinajstić information content (AvgIpc) is 2.65. The summed E-state index contributed by atoms with van der Waals surface area (Å²) in [5.41, 5.74) is 7.99. The summed E-state index contributed by atoms with van der Waals surface area (Å²) in [7, 11) is 3.68. The number of benzene rings is 1. The molecule has 0 aliphatic carbocycles. The first-order chi connectivity index (χ1) is 9.38. The number of rotatable bonds is 3. The van der Waals surface area contributed by atoms with Gasteiger partial charge in [0, 0.05) is 29.8 Å². The normalized spacial score (nSPS) is 11.2. The maximum Gasteiger partial charge on any atom is 0.221 e. The SMILES string of the molecule is Cc1cn(N=Cc2c(Br)cc(F)cc2N(C)C)c(N)n1. The number of nitrogens with two attached hydrogens (primary N) is 1. The van der Waals surface area contributed by atoms with Gasteiger partial charge in [-0.2, -0.15) is 5.10 Å². The second-order valence-corrected chi connectivity index (χ2v) is 5.40. The molecule has 1 heterocycles. The lowest BCUT2D eigenvalue weighted by molar-refractivity contribution is 0.626. The van der Waals surface area contributed by atoms with Crippen LogP contribution in [-0.2, 0) is 0 Å². The number of nitrogen functional groups attached to an aromatic ring is 1. The minimum atomic E-state index is -0.310. The van der Waals surface area contributed by atoms with Crippen LogP contribution in [0.2, 0.25) is 0 Å². The molecule has 106 valence electrons. The fourth-order valence-electron chi connectivity index (χ4n) is 1.79. The largest absolute Gasteiger partial charge is 0.377 e. The van der Waals surface area contributed by atoms with Crippen LogP contribution in [0.5, 0.6) is 0 Å². The lowest BCUT2D eigenvalue weighted by Crippen LogP contribution is -2.12. The van der Waals surface area contributed by atoms with Crippen molar-refractivity contribution in [2.24, 2.45) is 5.10 Å². The van der Waals surface area contributed by atoms with Crippen molar-refractivity contribution < 1.29 is 4.39 Å². The molecule has 1 aromatic heterocycles. The number of hydrogen-bond acceptors (Lipinski definition) is 4. The summed E-state index contributed by atoms with van der Waals surface area (Å²) in [5, 5.41) is 4.26. The number of halogens is 2. The fraction of sp³-hybridized carbons (Fsp3) is 0.231. The molecule has 2 N–H and O–H groups in total. The lowest BCUT2D eigenvalue weighted by Gasteiger charge is -2.16. The zero-order valence-corrected chi connectivity index (χ0v) is 13.0. The van der Waals surface area contributed by atoms with Crippen molar-refractivity contribution in [3.8, 4) is 0 Å². The molecule has 0 saturated carbocycles. The van der Waals surface area contributed by atoms with Gasteiger partial charge in [-0.1, -0.05) is 0 Å². The monoisotopic (exact) mass is 339 g/mol. The number of anilines is 2. The molecule has 0 bridgehead atoms. The molecule has 0 amide bonds. The molecule has 20 heavy (non-hydrogen) atoms. The molecular weight excluding hydrogens is 325 g/mol. The minimum absolute atomic E-state index is 0.309. The van der Waals surface area contributed by atoms with Crippen molar-refractivity contribution in [2.75, 3.05) is 24.7 Å². The second-order valence-electron chi connectivity index (χ2n) is 4.54. The Hall–Kier alpha value is -1.89. The minimum Gasteiger partial charge on any atom is -0.377 e. The summed E-state index contributed by atoms with van der Waals surface area (Å²) >= 11 is 3.35. The predicted molar refractivity (Wildman–Crippen MR) is 82.8 cm³/mol. The third kappa shape index (κ3) is 2.98. The van der Waals surface area contributed by atoms with Crippen LogP contribution in [0.25, 0.3) is 0 Å². The highest BCUT2D eigenvalue weighted by atomic mass is 79.9. The molecule has 0 unspecified atom stereocenters. The summed E-state index contributed by atoms with van der Waals surface area (Å²) < 4.78 is 15.6. The van der Waals surface area contributed by atoms with E-state index in [1.807, 2.05) is 25.9 Å². The summed E-state index contributed by atoms with van der Waals surface area (Å²) in [6.45, 7) is 1.83. The van der Waals surface area contributed by atoms with E-state index in [4.69, 9.17) is 5.73 Å².